The quantitative estimate of drug-likeness (QED) is 0.655. The maximum atomic E-state index is 12.5. The summed E-state index contributed by atoms with van der Waals surface area (Å²) in [6, 6.07) is 9.99. The molecular formula is C18H18N4O4. The van der Waals surface area contributed by atoms with E-state index in [1.54, 1.807) is 30.2 Å². The lowest BCUT2D eigenvalue weighted by Gasteiger charge is -2.16. The highest BCUT2D eigenvalue weighted by Crippen LogP contribution is 2.27. The van der Waals surface area contributed by atoms with E-state index in [0.717, 1.165) is 5.69 Å². The number of benzene rings is 1. The first-order chi connectivity index (χ1) is 12.5. The van der Waals surface area contributed by atoms with E-state index in [1.807, 2.05) is 12.1 Å². The topological polar surface area (TPSA) is 105 Å². The van der Waals surface area contributed by atoms with Gasteiger partial charge >= 0.3 is 0 Å². The van der Waals surface area contributed by atoms with Gasteiger partial charge in [0.25, 0.3) is 5.69 Å². The number of carbonyl (C=O) groups excluding carboxylic acids is 2. The van der Waals surface area contributed by atoms with Gasteiger partial charge < -0.3 is 10.2 Å². The fourth-order valence-corrected chi connectivity index (χ4v) is 2.98. The molecule has 2 heterocycles. The Bertz CT molecular complexity index is 854. The van der Waals surface area contributed by atoms with E-state index in [4.69, 9.17) is 0 Å². The van der Waals surface area contributed by atoms with Crippen LogP contribution in [-0.2, 0) is 16.1 Å². The van der Waals surface area contributed by atoms with Crippen LogP contribution in [0, 0.1) is 23.0 Å². The molecule has 1 aliphatic heterocycles. The van der Waals surface area contributed by atoms with Crippen molar-refractivity contribution in [2.45, 2.75) is 19.9 Å². The Balaban J connectivity index is 1.67. The first kappa shape index (κ1) is 17.5. The van der Waals surface area contributed by atoms with Crippen LogP contribution in [-0.4, -0.2) is 33.2 Å². The Kier molecular flexibility index (Phi) is 4.92. The van der Waals surface area contributed by atoms with Gasteiger partial charge in [-0.3, -0.25) is 24.7 Å². The van der Waals surface area contributed by atoms with Gasteiger partial charge in [-0.1, -0.05) is 12.1 Å². The fourth-order valence-electron chi connectivity index (χ4n) is 2.98. The van der Waals surface area contributed by atoms with Crippen LogP contribution >= 0.6 is 0 Å². The summed E-state index contributed by atoms with van der Waals surface area (Å²) in [7, 11) is 0. The van der Waals surface area contributed by atoms with Crippen LogP contribution in [0.5, 0.6) is 0 Å². The van der Waals surface area contributed by atoms with Crippen LogP contribution in [0.3, 0.4) is 0 Å². The zero-order valence-electron chi connectivity index (χ0n) is 14.2. The van der Waals surface area contributed by atoms with Gasteiger partial charge in [-0.05, 0) is 25.1 Å². The highest BCUT2D eigenvalue weighted by molar-refractivity contribution is 5.98. The number of carbonyl (C=O) groups is 2. The van der Waals surface area contributed by atoms with Gasteiger partial charge in [-0.15, -0.1) is 0 Å². The Labute approximate surface area is 150 Å². The minimum Gasteiger partial charge on any atom is -0.336 e. The van der Waals surface area contributed by atoms with Crippen molar-refractivity contribution in [3.8, 4) is 0 Å². The number of pyridine rings is 1. The summed E-state index contributed by atoms with van der Waals surface area (Å²) in [6.45, 7) is 2.25. The Morgan fingerprint density at radius 2 is 2.15 bits per heavy atom. The van der Waals surface area contributed by atoms with Crippen LogP contribution in [0.25, 0.3) is 0 Å². The van der Waals surface area contributed by atoms with Crippen molar-refractivity contribution in [3.05, 3.63) is 64.0 Å². The third-order valence-electron chi connectivity index (χ3n) is 4.42. The first-order valence-corrected chi connectivity index (χ1v) is 8.18. The third kappa shape index (κ3) is 3.69. The number of nitrogens with one attached hydrogen (secondary N) is 1. The lowest BCUT2D eigenvalue weighted by atomic mass is 10.1. The molecule has 26 heavy (non-hydrogen) atoms. The summed E-state index contributed by atoms with van der Waals surface area (Å²) >= 11 is 0. The van der Waals surface area contributed by atoms with Crippen LogP contribution in [0.15, 0.2) is 42.6 Å². The number of nitrogens with zero attached hydrogens (tertiary/aromatic N) is 3. The molecule has 2 amide bonds. The van der Waals surface area contributed by atoms with E-state index in [-0.39, 0.29) is 23.9 Å². The smallest absolute Gasteiger partial charge is 0.274 e. The van der Waals surface area contributed by atoms with E-state index in [2.05, 4.69) is 10.3 Å². The number of anilines is 1. The molecule has 0 spiro atoms. The molecule has 134 valence electrons. The number of hydrogen-bond acceptors (Lipinski definition) is 5. The molecule has 1 unspecified atom stereocenters. The standard InChI is InChI=1S/C18H18N4O4/c1-12-15(6-4-7-16(12)22(25)26)20-18(24)13-9-17(23)21(10-13)11-14-5-2-3-8-19-14/h2-8,13H,9-11H2,1H3,(H,20,24). The summed E-state index contributed by atoms with van der Waals surface area (Å²) in [4.78, 5) is 41.0. The van der Waals surface area contributed by atoms with Crippen molar-refractivity contribution in [1.82, 2.24) is 9.88 Å². The van der Waals surface area contributed by atoms with Gasteiger partial charge in [0, 0.05) is 25.2 Å². The van der Waals surface area contributed by atoms with E-state index in [9.17, 15) is 19.7 Å². The molecule has 8 nitrogen and oxygen atoms in total. The Morgan fingerprint density at radius 3 is 2.85 bits per heavy atom. The molecule has 8 heteroatoms. The molecule has 1 aliphatic rings. The molecule has 0 saturated carbocycles. The molecule has 1 N–H and O–H groups in total. The second-order valence-electron chi connectivity index (χ2n) is 6.19. The van der Waals surface area contributed by atoms with Crippen molar-refractivity contribution in [2.75, 3.05) is 11.9 Å². The summed E-state index contributed by atoms with van der Waals surface area (Å²) in [6.07, 6.45) is 1.78. The molecule has 0 aliphatic carbocycles. The average Bonchev–Trinajstić information content (AvgIpc) is 2.98. The van der Waals surface area contributed by atoms with Crippen molar-refractivity contribution in [3.63, 3.8) is 0 Å². The highest BCUT2D eigenvalue weighted by atomic mass is 16.6. The van der Waals surface area contributed by atoms with E-state index < -0.39 is 10.8 Å². The molecule has 0 bridgehead atoms. The normalized spacial score (nSPS) is 16.6. The zero-order valence-corrected chi connectivity index (χ0v) is 14.2. The number of likely N-dealkylation sites (tertiary alicyclic amines) is 1. The van der Waals surface area contributed by atoms with Crippen LogP contribution < -0.4 is 5.32 Å². The van der Waals surface area contributed by atoms with Gasteiger partial charge in [-0.2, -0.15) is 0 Å². The predicted molar refractivity (Wildman–Crippen MR) is 94.2 cm³/mol. The lowest BCUT2D eigenvalue weighted by Crippen LogP contribution is -2.28. The van der Waals surface area contributed by atoms with Crippen LogP contribution in [0.4, 0.5) is 11.4 Å². The second-order valence-corrected chi connectivity index (χ2v) is 6.19. The minimum absolute atomic E-state index is 0.0536. The highest BCUT2D eigenvalue weighted by Gasteiger charge is 2.34. The molecule has 1 aromatic carbocycles. The van der Waals surface area contributed by atoms with E-state index >= 15 is 0 Å². The third-order valence-corrected chi connectivity index (χ3v) is 4.42. The molecule has 1 fully saturated rings. The number of nitro groups is 1. The van der Waals surface area contributed by atoms with Crippen molar-refractivity contribution < 1.29 is 14.5 Å². The zero-order chi connectivity index (χ0) is 18.7. The van der Waals surface area contributed by atoms with Gasteiger partial charge in [0.1, 0.15) is 0 Å². The summed E-state index contributed by atoms with van der Waals surface area (Å²) < 4.78 is 0. The number of hydrogen-bond donors (Lipinski definition) is 1. The monoisotopic (exact) mass is 354 g/mol. The summed E-state index contributed by atoms with van der Waals surface area (Å²) in [5, 5.41) is 13.7. The number of amides is 2. The fraction of sp³-hybridized carbons (Fsp3) is 0.278. The predicted octanol–water partition coefficient (Wildman–Crippen LogP) is 2.29. The largest absolute Gasteiger partial charge is 0.336 e. The summed E-state index contributed by atoms with van der Waals surface area (Å²) in [5.41, 5.74) is 1.49. The van der Waals surface area contributed by atoms with E-state index in [1.165, 1.54) is 12.1 Å². The lowest BCUT2D eigenvalue weighted by molar-refractivity contribution is -0.385. The van der Waals surface area contributed by atoms with Gasteiger partial charge in [0.15, 0.2) is 0 Å². The molecule has 1 saturated heterocycles. The van der Waals surface area contributed by atoms with Gasteiger partial charge in [-0.25, -0.2) is 0 Å². The average molecular weight is 354 g/mol. The molecule has 3 rings (SSSR count). The van der Waals surface area contributed by atoms with Gasteiger partial charge in [0.2, 0.25) is 11.8 Å². The molecule has 0 radical (unpaired) electrons. The molecule has 1 aromatic heterocycles. The first-order valence-electron chi connectivity index (χ1n) is 8.18. The van der Waals surface area contributed by atoms with Crippen LogP contribution in [0.2, 0.25) is 0 Å². The van der Waals surface area contributed by atoms with E-state index in [0.29, 0.717) is 24.3 Å². The molecular weight excluding hydrogens is 336 g/mol. The molecule has 1 atom stereocenters. The number of rotatable bonds is 5. The van der Waals surface area contributed by atoms with Crippen molar-refractivity contribution in [2.24, 2.45) is 5.92 Å². The Hall–Kier alpha value is -3.29. The van der Waals surface area contributed by atoms with Crippen molar-refractivity contribution >= 4 is 23.2 Å². The number of aromatic nitrogens is 1. The van der Waals surface area contributed by atoms with Crippen molar-refractivity contribution in [1.29, 1.82) is 0 Å². The molecule has 2 aromatic rings. The summed E-state index contributed by atoms with van der Waals surface area (Å²) in [5.74, 6) is -0.915. The van der Waals surface area contributed by atoms with Crippen LogP contribution in [0.1, 0.15) is 17.7 Å². The SMILES string of the molecule is Cc1c(NC(=O)C2CC(=O)N(Cc3ccccn3)C2)cccc1[N+](=O)[O-]. The van der Waals surface area contributed by atoms with Gasteiger partial charge in [0.05, 0.1) is 34.3 Å². The maximum Gasteiger partial charge on any atom is 0.274 e. The Morgan fingerprint density at radius 1 is 1.35 bits per heavy atom. The second kappa shape index (κ2) is 7.30. The number of nitro benzene ring substituents is 1. The maximum absolute atomic E-state index is 12.5. The minimum atomic E-state index is -0.495.